The van der Waals surface area contributed by atoms with Gasteiger partial charge in [0.15, 0.2) is 6.29 Å². The number of hydrogen-bond acceptors (Lipinski definition) is 9. The Morgan fingerprint density at radius 1 is 0.596 bits per heavy atom. The predicted molar refractivity (Wildman–Crippen MR) is 187 cm³/mol. The fourth-order valence-corrected chi connectivity index (χ4v) is 6.14. The zero-order valence-electron chi connectivity index (χ0n) is 30.3. The van der Waals surface area contributed by atoms with E-state index in [1.165, 1.54) is 122 Å². The van der Waals surface area contributed by atoms with Crippen LogP contribution in [0.15, 0.2) is 0 Å². The van der Waals surface area contributed by atoms with Crippen LogP contribution in [0.1, 0.15) is 174 Å². The normalized spacial score (nSPS) is 22.0. The van der Waals surface area contributed by atoms with Crippen molar-refractivity contribution in [3.63, 3.8) is 0 Å². The average Bonchev–Trinajstić information content (AvgIpc) is 3.07. The molecule has 280 valence electrons. The second-order valence-corrected chi connectivity index (χ2v) is 13.7. The Morgan fingerprint density at radius 2 is 1.04 bits per heavy atom. The maximum Gasteiger partial charge on any atom is 0.306 e. The highest BCUT2D eigenvalue weighted by Crippen LogP contribution is 2.22. The van der Waals surface area contributed by atoms with E-state index in [1.54, 1.807) is 0 Å². The molecule has 0 radical (unpaired) electrons. The molecule has 1 saturated heterocycles. The van der Waals surface area contributed by atoms with Crippen molar-refractivity contribution in [3.05, 3.63) is 0 Å². The highest BCUT2D eigenvalue weighted by atomic mass is 16.7. The fraction of sp³-hybridized carbons (Fsp3) is 0.974. The Morgan fingerprint density at radius 3 is 1.51 bits per heavy atom. The smallest absolute Gasteiger partial charge is 0.306 e. The number of ether oxygens (including phenoxy) is 4. The summed E-state index contributed by atoms with van der Waals surface area (Å²) in [5.41, 5.74) is 0. The molecule has 0 bridgehead atoms. The van der Waals surface area contributed by atoms with E-state index >= 15 is 0 Å². The van der Waals surface area contributed by atoms with Crippen LogP contribution in [-0.2, 0) is 23.7 Å². The van der Waals surface area contributed by atoms with Crippen molar-refractivity contribution in [1.82, 2.24) is 0 Å². The summed E-state index contributed by atoms with van der Waals surface area (Å²) in [5.74, 6) is -0.312. The first kappa shape index (κ1) is 44.2. The lowest BCUT2D eigenvalue weighted by molar-refractivity contribution is -0.305. The van der Waals surface area contributed by atoms with Gasteiger partial charge in [0.1, 0.15) is 30.5 Å². The van der Waals surface area contributed by atoms with Gasteiger partial charge in [-0.1, -0.05) is 155 Å². The molecule has 6 unspecified atom stereocenters. The van der Waals surface area contributed by atoms with Crippen LogP contribution in [0.3, 0.4) is 0 Å². The van der Waals surface area contributed by atoms with Crippen LogP contribution in [0.5, 0.6) is 0 Å². The van der Waals surface area contributed by atoms with Crippen molar-refractivity contribution >= 4 is 5.97 Å². The molecule has 1 fully saturated rings. The van der Waals surface area contributed by atoms with Gasteiger partial charge in [0.2, 0.25) is 0 Å². The molecular formula is C38H74O9. The molecule has 0 amide bonds. The molecule has 1 rings (SSSR count). The average molecular weight is 675 g/mol. The fourth-order valence-electron chi connectivity index (χ4n) is 6.14. The van der Waals surface area contributed by atoms with Crippen molar-refractivity contribution in [2.24, 2.45) is 0 Å². The van der Waals surface area contributed by atoms with Crippen LogP contribution in [-0.4, -0.2) is 89.6 Å². The lowest BCUT2D eigenvalue weighted by atomic mass is 9.99. The van der Waals surface area contributed by atoms with Crippen LogP contribution in [0.25, 0.3) is 0 Å². The van der Waals surface area contributed by atoms with Crippen molar-refractivity contribution in [2.45, 2.75) is 211 Å². The van der Waals surface area contributed by atoms with E-state index in [0.29, 0.717) is 13.0 Å². The van der Waals surface area contributed by atoms with Crippen molar-refractivity contribution in [2.75, 3.05) is 26.4 Å². The largest absolute Gasteiger partial charge is 0.457 e. The molecule has 0 aromatic heterocycles. The SMILES string of the molecule is CCCCCCCCCCCCCCCCCCCC(=O)OC(COCCCCCCCCC)COC1OC(CO)C(O)C(O)C1O. The summed E-state index contributed by atoms with van der Waals surface area (Å²) in [5, 5.41) is 39.8. The molecular weight excluding hydrogens is 600 g/mol. The van der Waals surface area contributed by atoms with E-state index in [4.69, 9.17) is 18.9 Å². The lowest BCUT2D eigenvalue weighted by Crippen LogP contribution is -2.59. The molecule has 9 nitrogen and oxygen atoms in total. The minimum atomic E-state index is -1.53. The van der Waals surface area contributed by atoms with Gasteiger partial charge in [0.05, 0.1) is 19.8 Å². The first-order valence-corrected chi connectivity index (χ1v) is 19.6. The number of rotatable bonds is 33. The van der Waals surface area contributed by atoms with Crippen LogP contribution in [0, 0.1) is 0 Å². The number of aliphatic hydroxyl groups is 4. The number of hydrogen-bond donors (Lipinski definition) is 4. The third kappa shape index (κ3) is 23.3. The molecule has 0 aliphatic carbocycles. The summed E-state index contributed by atoms with van der Waals surface area (Å²) >= 11 is 0. The number of carbonyl (C=O) groups excluding carboxylic acids is 1. The summed E-state index contributed by atoms with van der Waals surface area (Å²) in [6, 6.07) is 0. The van der Waals surface area contributed by atoms with Gasteiger partial charge in [-0.15, -0.1) is 0 Å². The summed E-state index contributed by atoms with van der Waals surface area (Å²) in [6.07, 6.45) is 22.8. The van der Waals surface area contributed by atoms with Gasteiger partial charge in [-0.25, -0.2) is 0 Å². The number of esters is 1. The van der Waals surface area contributed by atoms with Crippen molar-refractivity contribution in [3.8, 4) is 0 Å². The van der Waals surface area contributed by atoms with Gasteiger partial charge >= 0.3 is 5.97 Å². The second-order valence-electron chi connectivity index (χ2n) is 13.7. The molecule has 9 heteroatoms. The highest BCUT2D eigenvalue weighted by Gasteiger charge is 2.44. The Kier molecular flexibility index (Phi) is 29.3. The standard InChI is InChI=1S/C38H74O9/c1-3-5-7-9-11-12-13-14-15-16-17-18-19-20-21-23-25-27-34(40)46-32(30-44-28-26-24-22-10-8-6-4-2)31-45-38-37(43)36(42)35(41)33(29-39)47-38/h32-33,35-39,41-43H,3-31H2,1-2H3. The van der Waals surface area contributed by atoms with E-state index in [2.05, 4.69) is 13.8 Å². The summed E-state index contributed by atoms with van der Waals surface area (Å²) < 4.78 is 22.6. The van der Waals surface area contributed by atoms with E-state index in [0.717, 1.165) is 32.1 Å². The number of carbonyl (C=O) groups is 1. The van der Waals surface area contributed by atoms with E-state index in [9.17, 15) is 25.2 Å². The minimum Gasteiger partial charge on any atom is -0.457 e. The van der Waals surface area contributed by atoms with Gasteiger partial charge in [0.25, 0.3) is 0 Å². The maximum atomic E-state index is 12.7. The van der Waals surface area contributed by atoms with Gasteiger partial charge < -0.3 is 39.4 Å². The van der Waals surface area contributed by atoms with Gasteiger partial charge in [0, 0.05) is 13.0 Å². The monoisotopic (exact) mass is 675 g/mol. The lowest BCUT2D eigenvalue weighted by Gasteiger charge is -2.39. The Bertz CT molecular complexity index is 692. The van der Waals surface area contributed by atoms with E-state index < -0.39 is 43.4 Å². The molecule has 4 N–H and O–H groups in total. The van der Waals surface area contributed by atoms with E-state index in [1.807, 2.05) is 0 Å². The first-order valence-electron chi connectivity index (χ1n) is 19.6. The Hall–Kier alpha value is -0.810. The van der Waals surface area contributed by atoms with Gasteiger partial charge in [-0.05, 0) is 12.8 Å². The van der Waals surface area contributed by atoms with E-state index in [-0.39, 0.29) is 19.2 Å². The zero-order valence-corrected chi connectivity index (χ0v) is 30.3. The van der Waals surface area contributed by atoms with Crippen LogP contribution in [0.2, 0.25) is 0 Å². The molecule has 1 aliphatic rings. The third-order valence-electron chi connectivity index (χ3n) is 9.27. The molecule has 47 heavy (non-hydrogen) atoms. The summed E-state index contributed by atoms with van der Waals surface area (Å²) in [6.45, 7) is 4.54. The number of unbranched alkanes of at least 4 members (excludes halogenated alkanes) is 22. The maximum absolute atomic E-state index is 12.7. The van der Waals surface area contributed by atoms with Crippen molar-refractivity contribution < 1.29 is 44.2 Å². The van der Waals surface area contributed by atoms with Crippen LogP contribution < -0.4 is 0 Å². The Balaban J connectivity index is 2.24. The first-order chi connectivity index (χ1) is 22.9. The predicted octanol–water partition coefficient (Wildman–Crippen LogP) is 7.52. The highest BCUT2D eigenvalue weighted by molar-refractivity contribution is 5.69. The van der Waals surface area contributed by atoms with Crippen LogP contribution in [0.4, 0.5) is 0 Å². The second kappa shape index (κ2) is 31.2. The quantitative estimate of drug-likeness (QED) is 0.0412. The molecule has 0 aromatic rings. The Labute approximate surface area is 287 Å². The van der Waals surface area contributed by atoms with Gasteiger partial charge in [-0.3, -0.25) is 4.79 Å². The minimum absolute atomic E-state index is 0.107. The molecule has 6 atom stereocenters. The molecule has 1 aliphatic heterocycles. The molecule has 0 saturated carbocycles. The molecule has 0 spiro atoms. The number of aliphatic hydroxyl groups excluding tert-OH is 4. The zero-order chi connectivity index (χ0) is 34.4. The molecule has 0 aromatic carbocycles. The summed E-state index contributed by atoms with van der Waals surface area (Å²) in [4.78, 5) is 12.7. The van der Waals surface area contributed by atoms with Crippen LogP contribution >= 0.6 is 0 Å². The third-order valence-corrected chi connectivity index (χ3v) is 9.27. The topological polar surface area (TPSA) is 135 Å². The van der Waals surface area contributed by atoms with Crippen molar-refractivity contribution in [1.29, 1.82) is 0 Å². The van der Waals surface area contributed by atoms with Gasteiger partial charge in [-0.2, -0.15) is 0 Å². The summed E-state index contributed by atoms with van der Waals surface area (Å²) in [7, 11) is 0. The molecule has 1 heterocycles.